The molecular weight excluding hydrogens is 182 g/mol. The van der Waals surface area contributed by atoms with Crippen molar-refractivity contribution in [3.63, 3.8) is 0 Å². The number of nitrogens with one attached hydrogen (secondary N) is 1. The van der Waals surface area contributed by atoms with Gasteiger partial charge in [-0.3, -0.25) is 9.69 Å². The predicted octanol–water partition coefficient (Wildman–Crippen LogP) is -1.22. The lowest BCUT2D eigenvalue weighted by Crippen LogP contribution is -2.41. The van der Waals surface area contributed by atoms with Gasteiger partial charge in [0.05, 0.1) is 13.2 Å². The van der Waals surface area contributed by atoms with Crippen LogP contribution in [0.5, 0.6) is 0 Å². The number of ether oxygens (including phenoxy) is 1. The van der Waals surface area contributed by atoms with E-state index in [4.69, 9.17) is 10.5 Å². The van der Waals surface area contributed by atoms with E-state index >= 15 is 0 Å². The Bertz CT molecular complexity index is 169. The summed E-state index contributed by atoms with van der Waals surface area (Å²) >= 11 is 0. The van der Waals surface area contributed by atoms with Crippen molar-refractivity contribution in [1.82, 2.24) is 10.2 Å². The van der Waals surface area contributed by atoms with E-state index in [0.29, 0.717) is 19.5 Å². The number of carbonyl (C=O) groups is 1. The first-order valence-corrected chi connectivity index (χ1v) is 5.10. The molecule has 0 saturated carbocycles. The van der Waals surface area contributed by atoms with Crippen molar-refractivity contribution in [2.45, 2.75) is 6.42 Å². The Morgan fingerprint density at radius 3 is 2.79 bits per heavy atom. The van der Waals surface area contributed by atoms with Crippen LogP contribution in [-0.2, 0) is 9.53 Å². The minimum Gasteiger partial charge on any atom is -0.379 e. The van der Waals surface area contributed by atoms with Gasteiger partial charge < -0.3 is 15.8 Å². The predicted molar refractivity (Wildman–Crippen MR) is 53.9 cm³/mol. The number of amides is 1. The molecule has 1 amide bonds. The third kappa shape index (κ3) is 4.55. The molecule has 0 bridgehead atoms. The summed E-state index contributed by atoms with van der Waals surface area (Å²) in [6.45, 7) is 5.56. The maximum absolute atomic E-state index is 11.1. The van der Waals surface area contributed by atoms with Crippen molar-refractivity contribution in [3.8, 4) is 0 Å². The Balaban J connectivity index is 1.99. The van der Waals surface area contributed by atoms with Crippen LogP contribution in [0.4, 0.5) is 0 Å². The average Bonchev–Trinajstić information content (AvgIpc) is 2.20. The van der Waals surface area contributed by atoms with Crippen LogP contribution in [0.15, 0.2) is 0 Å². The topological polar surface area (TPSA) is 67.6 Å². The molecule has 1 rings (SSSR count). The van der Waals surface area contributed by atoms with Crippen molar-refractivity contribution in [3.05, 3.63) is 0 Å². The van der Waals surface area contributed by atoms with Crippen LogP contribution in [0.25, 0.3) is 0 Å². The summed E-state index contributed by atoms with van der Waals surface area (Å²) in [6.07, 6.45) is 0.420. The normalized spacial score (nSPS) is 18.1. The maximum atomic E-state index is 11.1. The number of hydrogen-bond acceptors (Lipinski definition) is 4. The van der Waals surface area contributed by atoms with E-state index in [0.717, 1.165) is 32.8 Å². The van der Waals surface area contributed by atoms with E-state index in [2.05, 4.69) is 10.2 Å². The number of morpholine rings is 1. The van der Waals surface area contributed by atoms with Gasteiger partial charge in [0, 0.05) is 39.1 Å². The lowest BCUT2D eigenvalue weighted by Gasteiger charge is -2.26. The van der Waals surface area contributed by atoms with Crippen LogP contribution in [0.3, 0.4) is 0 Å². The minimum absolute atomic E-state index is 0.0424. The highest BCUT2D eigenvalue weighted by Crippen LogP contribution is 1.94. The molecule has 0 atom stereocenters. The highest BCUT2D eigenvalue weighted by Gasteiger charge is 2.09. The van der Waals surface area contributed by atoms with Gasteiger partial charge in [0.25, 0.3) is 0 Å². The molecule has 1 fully saturated rings. The molecule has 0 aromatic heterocycles. The smallest absolute Gasteiger partial charge is 0.221 e. The van der Waals surface area contributed by atoms with Gasteiger partial charge in [0.2, 0.25) is 5.91 Å². The zero-order valence-electron chi connectivity index (χ0n) is 8.50. The van der Waals surface area contributed by atoms with Gasteiger partial charge in [0.15, 0.2) is 0 Å². The van der Waals surface area contributed by atoms with Gasteiger partial charge in [0.1, 0.15) is 0 Å². The molecular formula is C9H19N3O2. The molecule has 1 aliphatic heterocycles. The van der Waals surface area contributed by atoms with Gasteiger partial charge >= 0.3 is 0 Å². The van der Waals surface area contributed by atoms with Gasteiger partial charge in [-0.15, -0.1) is 0 Å². The number of nitrogens with zero attached hydrogens (tertiary/aromatic N) is 1. The van der Waals surface area contributed by atoms with Crippen LogP contribution >= 0.6 is 0 Å². The molecule has 0 aliphatic carbocycles. The van der Waals surface area contributed by atoms with Crippen LogP contribution < -0.4 is 11.1 Å². The standard InChI is InChI=1S/C9H19N3O2/c10-2-1-9(13)11-3-4-12-5-7-14-8-6-12/h1-8,10H2,(H,11,13). The maximum Gasteiger partial charge on any atom is 0.221 e. The number of nitrogens with two attached hydrogens (primary N) is 1. The monoisotopic (exact) mass is 201 g/mol. The summed E-state index contributed by atoms with van der Waals surface area (Å²) in [5.74, 6) is 0.0424. The van der Waals surface area contributed by atoms with Gasteiger partial charge in [-0.25, -0.2) is 0 Å². The molecule has 1 heterocycles. The summed E-state index contributed by atoms with van der Waals surface area (Å²) < 4.78 is 5.22. The number of hydrogen-bond donors (Lipinski definition) is 2. The molecule has 82 valence electrons. The Kier molecular flexibility index (Phi) is 5.51. The number of rotatable bonds is 5. The third-order valence-corrected chi connectivity index (χ3v) is 2.23. The molecule has 14 heavy (non-hydrogen) atoms. The van der Waals surface area contributed by atoms with Crippen LogP contribution in [-0.4, -0.2) is 56.7 Å². The van der Waals surface area contributed by atoms with E-state index < -0.39 is 0 Å². The molecule has 1 aliphatic rings. The molecule has 3 N–H and O–H groups in total. The van der Waals surface area contributed by atoms with Crippen molar-refractivity contribution in [1.29, 1.82) is 0 Å². The fraction of sp³-hybridized carbons (Fsp3) is 0.889. The molecule has 0 radical (unpaired) electrons. The SMILES string of the molecule is NCCC(=O)NCCN1CCOCC1. The van der Waals surface area contributed by atoms with Crippen LogP contribution in [0, 0.1) is 0 Å². The zero-order chi connectivity index (χ0) is 10.2. The summed E-state index contributed by atoms with van der Waals surface area (Å²) in [5, 5.41) is 2.83. The Morgan fingerprint density at radius 2 is 2.14 bits per heavy atom. The van der Waals surface area contributed by atoms with E-state index in [9.17, 15) is 4.79 Å². The van der Waals surface area contributed by atoms with E-state index in [1.54, 1.807) is 0 Å². The minimum atomic E-state index is 0.0424. The van der Waals surface area contributed by atoms with Crippen LogP contribution in [0.1, 0.15) is 6.42 Å². The molecule has 0 unspecified atom stereocenters. The van der Waals surface area contributed by atoms with Crippen molar-refractivity contribution in [2.75, 3.05) is 45.9 Å². The first-order chi connectivity index (χ1) is 6.83. The Hall–Kier alpha value is -0.650. The quantitative estimate of drug-likeness (QED) is 0.585. The van der Waals surface area contributed by atoms with E-state index in [1.807, 2.05) is 0 Å². The van der Waals surface area contributed by atoms with Crippen molar-refractivity contribution in [2.24, 2.45) is 5.73 Å². The molecule has 0 spiro atoms. The second kappa shape index (κ2) is 6.75. The van der Waals surface area contributed by atoms with Gasteiger partial charge in [-0.05, 0) is 0 Å². The number of carbonyl (C=O) groups excluding carboxylic acids is 1. The highest BCUT2D eigenvalue weighted by molar-refractivity contribution is 5.75. The summed E-state index contributed by atoms with van der Waals surface area (Å²) in [6, 6.07) is 0. The molecule has 5 heteroatoms. The average molecular weight is 201 g/mol. The highest BCUT2D eigenvalue weighted by atomic mass is 16.5. The molecule has 5 nitrogen and oxygen atoms in total. The summed E-state index contributed by atoms with van der Waals surface area (Å²) in [7, 11) is 0. The van der Waals surface area contributed by atoms with Crippen LogP contribution in [0.2, 0.25) is 0 Å². The van der Waals surface area contributed by atoms with E-state index in [-0.39, 0.29) is 5.91 Å². The fourth-order valence-corrected chi connectivity index (χ4v) is 1.40. The van der Waals surface area contributed by atoms with E-state index in [1.165, 1.54) is 0 Å². The largest absolute Gasteiger partial charge is 0.379 e. The molecule has 1 saturated heterocycles. The fourth-order valence-electron chi connectivity index (χ4n) is 1.40. The van der Waals surface area contributed by atoms with Gasteiger partial charge in [-0.1, -0.05) is 0 Å². The van der Waals surface area contributed by atoms with Gasteiger partial charge in [-0.2, -0.15) is 0 Å². The molecule has 0 aromatic rings. The van der Waals surface area contributed by atoms with Crippen molar-refractivity contribution < 1.29 is 9.53 Å². The Labute approximate surface area is 84.6 Å². The van der Waals surface area contributed by atoms with Crippen molar-refractivity contribution >= 4 is 5.91 Å². The second-order valence-corrected chi connectivity index (χ2v) is 3.34. The lowest BCUT2D eigenvalue weighted by atomic mass is 10.4. The first-order valence-electron chi connectivity index (χ1n) is 5.10. The summed E-state index contributed by atoms with van der Waals surface area (Å²) in [5.41, 5.74) is 5.26. The zero-order valence-corrected chi connectivity index (χ0v) is 8.50. The second-order valence-electron chi connectivity index (χ2n) is 3.34. The first kappa shape index (κ1) is 11.4. The Morgan fingerprint density at radius 1 is 1.43 bits per heavy atom. The summed E-state index contributed by atoms with van der Waals surface area (Å²) in [4.78, 5) is 13.3. The molecule has 0 aromatic carbocycles. The lowest BCUT2D eigenvalue weighted by molar-refractivity contribution is -0.120. The third-order valence-electron chi connectivity index (χ3n) is 2.23.